The van der Waals surface area contributed by atoms with Gasteiger partial charge in [0.2, 0.25) is 6.29 Å². The highest BCUT2D eigenvalue weighted by molar-refractivity contribution is 9.08. The van der Waals surface area contributed by atoms with E-state index in [9.17, 15) is 0 Å². The van der Waals surface area contributed by atoms with Crippen molar-refractivity contribution in [3.63, 3.8) is 0 Å². The molecule has 0 N–H and O–H groups in total. The molecule has 0 saturated heterocycles. The third-order valence-electron chi connectivity index (χ3n) is 1.52. The highest BCUT2D eigenvalue weighted by atomic mass is 79.9. The summed E-state index contributed by atoms with van der Waals surface area (Å²) in [5.74, 6) is 0.719. The Morgan fingerprint density at radius 2 is 2.15 bits per heavy atom. The fourth-order valence-corrected chi connectivity index (χ4v) is 1.22. The summed E-state index contributed by atoms with van der Waals surface area (Å²) in [4.78, 5) is 8.27. The van der Waals surface area contributed by atoms with Crippen LogP contribution in [0.1, 0.15) is 17.8 Å². The van der Waals surface area contributed by atoms with Gasteiger partial charge >= 0.3 is 0 Å². The van der Waals surface area contributed by atoms with Gasteiger partial charge < -0.3 is 9.47 Å². The van der Waals surface area contributed by atoms with E-state index in [1.54, 1.807) is 26.5 Å². The van der Waals surface area contributed by atoms with Gasteiger partial charge in [-0.25, -0.2) is 9.97 Å². The second kappa shape index (κ2) is 5.26. The topological polar surface area (TPSA) is 44.2 Å². The Morgan fingerprint density at radius 3 is 2.69 bits per heavy atom. The minimum absolute atomic E-state index is 0.416. The van der Waals surface area contributed by atoms with Crippen molar-refractivity contribution in [1.82, 2.24) is 9.97 Å². The molecule has 0 aliphatic carbocycles. The molecule has 4 nitrogen and oxygen atoms in total. The van der Waals surface area contributed by atoms with Crippen molar-refractivity contribution in [2.45, 2.75) is 11.6 Å². The standard InChI is InChI=1S/C8H11BrN2O2/c1-12-8(13-2)6-3-4-10-7(5-9)11-6/h3-4,8H,5H2,1-2H3. The zero-order valence-electron chi connectivity index (χ0n) is 7.53. The molecule has 0 bridgehead atoms. The first-order valence-electron chi connectivity index (χ1n) is 3.75. The van der Waals surface area contributed by atoms with Gasteiger partial charge in [0.25, 0.3) is 0 Å². The van der Waals surface area contributed by atoms with E-state index in [-0.39, 0.29) is 0 Å². The summed E-state index contributed by atoms with van der Waals surface area (Å²) in [5.41, 5.74) is 0.731. The normalized spacial score (nSPS) is 10.8. The minimum atomic E-state index is -0.416. The summed E-state index contributed by atoms with van der Waals surface area (Å²) in [6, 6.07) is 1.77. The molecular weight excluding hydrogens is 236 g/mol. The van der Waals surface area contributed by atoms with Crippen LogP contribution in [0, 0.1) is 0 Å². The first-order chi connectivity index (χ1) is 6.31. The highest BCUT2D eigenvalue weighted by Crippen LogP contribution is 2.14. The van der Waals surface area contributed by atoms with Crippen LogP contribution < -0.4 is 0 Å². The Balaban J connectivity index is 2.86. The molecule has 1 rings (SSSR count). The first kappa shape index (κ1) is 10.6. The minimum Gasteiger partial charge on any atom is -0.350 e. The SMILES string of the molecule is COC(OC)c1ccnc(CBr)n1. The van der Waals surface area contributed by atoms with Crippen molar-refractivity contribution < 1.29 is 9.47 Å². The fraction of sp³-hybridized carbons (Fsp3) is 0.500. The van der Waals surface area contributed by atoms with Crippen LogP contribution in [0.5, 0.6) is 0 Å². The number of hydrogen-bond donors (Lipinski definition) is 0. The molecule has 0 fully saturated rings. The van der Waals surface area contributed by atoms with Gasteiger partial charge in [0, 0.05) is 20.4 Å². The zero-order chi connectivity index (χ0) is 9.68. The molecule has 5 heteroatoms. The number of methoxy groups -OCH3 is 2. The van der Waals surface area contributed by atoms with E-state index >= 15 is 0 Å². The van der Waals surface area contributed by atoms with Gasteiger partial charge in [-0.2, -0.15) is 0 Å². The second-order valence-electron chi connectivity index (χ2n) is 2.33. The molecule has 1 aromatic heterocycles. The third kappa shape index (κ3) is 2.72. The van der Waals surface area contributed by atoms with E-state index < -0.39 is 6.29 Å². The van der Waals surface area contributed by atoms with Crippen LogP contribution in [0.2, 0.25) is 0 Å². The van der Waals surface area contributed by atoms with E-state index in [2.05, 4.69) is 25.9 Å². The molecule has 0 spiro atoms. The number of hydrogen-bond acceptors (Lipinski definition) is 4. The van der Waals surface area contributed by atoms with Crippen molar-refractivity contribution in [2.24, 2.45) is 0 Å². The van der Waals surface area contributed by atoms with Gasteiger partial charge in [-0.05, 0) is 6.07 Å². The molecule has 0 aliphatic rings. The van der Waals surface area contributed by atoms with Gasteiger partial charge in [0.05, 0.1) is 11.0 Å². The van der Waals surface area contributed by atoms with Gasteiger partial charge in [-0.1, -0.05) is 15.9 Å². The van der Waals surface area contributed by atoms with Crippen molar-refractivity contribution in [2.75, 3.05) is 14.2 Å². The summed E-state index contributed by atoms with van der Waals surface area (Å²) in [6.45, 7) is 0. The number of aromatic nitrogens is 2. The smallest absolute Gasteiger partial charge is 0.200 e. The number of alkyl halides is 1. The first-order valence-corrected chi connectivity index (χ1v) is 4.87. The molecule has 1 heterocycles. The van der Waals surface area contributed by atoms with Gasteiger partial charge in [-0.15, -0.1) is 0 Å². The average Bonchev–Trinajstić information content (AvgIpc) is 2.20. The third-order valence-corrected chi connectivity index (χ3v) is 2.02. The summed E-state index contributed by atoms with van der Waals surface area (Å²) >= 11 is 3.28. The van der Waals surface area contributed by atoms with E-state index in [1.165, 1.54) is 0 Å². The van der Waals surface area contributed by atoms with Crippen LogP contribution in [0.25, 0.3) is 0 Å². The molecule has 0 atom stereocenters. The fourth-order valence-electron chi connectivity index (χ4n) is 0.948. The van der Waals surface area contributed by atoms with Gasteiger partial charge in [0.15, 0.2) is 0 Å². The maximum atomic E-state index is 5.06. The van der Waals surface area contributed by atoms with Crippen LogP contribution in [-0.4, -0.2) is 24.2 Å². The van der Waals surface area contributed by atoms with Crippen molar-refractivity contribution in [1.29, 1.82) is 0 Å². The lowest BCUT2D eigenvalue weighted by atomic mass is 10.4. The molecule has 0 aromatic carbocycles. The lowest BCUT2D eigenvalue weighted by Crippen LogP contribution is -2.07. The Hall–Kier alpha value is -0.520. The Kier molecular flexibility index (Phi) is 4.27. The van der Waals surface area contributed by atoms with Crippen LogP contribution in [0.4, 0.5) is 0 Å². The van der Waals surface area contributed by atoms with Crippen molar-refractivity contribution in [3.05, 3.63) is 23.8 Å². The van der Waals surface area contributed by atoms with Gasteiger partial charge in [-0.3, -0.25) is 0 Å². The summed E-state index contributed by atoms with van der Waals surface area (Å²) < 4.78 is 10.1. The van der Waals surface area contributed by atoms with Crippen molar-refractivity contribution >= 4 is 15.9 Å². The molecule has 13 heavy (non-hydrogen) atoms. The monoisotopic (exact) mass is 246 g/mol. The highest BCUT2D eigenvalue weighted by Gasteiger charge is 2.10. The number of nitrogens with zero attached hydrogens (tertiary/aromatic N) is 2. The number of halogens is 1. The Labute approximate surface area is 85.4 Å². The molecule has 0 unspecified atom stereocenters. The van der Waals surface area contributed by atoms with E-state index in [4.69, 9.17) is 9.47 Å². The summed E-state index contributed by atoms with van der Waals surface area (Å²) in [5, 5.41) is 0.626. The summed E-state index contributed by atoms with van der Waals surface area (Å²) in [7, 11) is 3.15. The molecule has 0 aliphatic heterocycles. The second-order valence-corrected chi connectivity index (χ2v) is 2.90. The van der Waals surface area contributed by atoms with Gasteiger partial charge in [0.1, 0.15) is 5.82 Å². The Morgan fingerprint density at radius 1 is 1.46 bits per heavy atom. The zero-order valence-corrected chi connectivity index (χ0v) is 9.11. The average molecular weight is 247 g/mol. The van der Waals surface area contributed by atoms with E-state index in [1.807, 2.05) is 0 Å². The maximum absolute atomic E-state index is 5.06. The van der Waals surface area contributed by atoms with E-state index in [0.29, 0.717) is 5.33 Å². The van der Waals surface area contributed by atoms with Crippen LogP contribution in [-0.2, 0) is 14.8 Å². The largest absolute Gasteiger partial charge is 0.350 e. The molecule has 0 saturated carbocycles. The summed E-state index contributed by atoms with van der Waals surface area (Å²) in [6.07, 6.45) is 1.27. The molecule has 0 amide bonds. The predicted molar refractivity (Wildman–Crippen MR) is 51.4 cm³/mol. The van der Waals surface area contributed by atoms with Crippen LogP contribution in [0.15, 0.2) is 12.3 Å². The molecule has 0 radical (unpaired) electrons. The quantitative estimate of drug-likeness (QED) is 0.599. The predicted octanol–water partition coefficient (Wildman–Crippen LogP) is 1.66. The molecule has 72 valence electrons. The maximum Gasteiger partial charge on any atom is 0.200 e. The molecule has 1 aromatic rings. The number of ether oxygens (including phenoxy) is 2. The lowest BCUT2D eigenvalue weighted by Gasteiger charge is -2.12. The van der Waals surface area contributed by atoms with Crippen molar-refractivity contribution in [3.8, 4) is 0 Å². The molecular formula is C8H11BrN2O2. The number of rotatable bonds is 4. The van der Waals surface area contributed by atoms with Crippen LogP contribution in [0.3, 0.4) is 0 Å². The van der Waals surface area contributed by atoms with E-state index in [0.717, 1.165) is 11.5 Å². The van der Waals surface area contributed by atoms with Crippen LogP contribution >= 0.6 is 15.9 Å². The lowest BCUT2D eigenvalue weighted by molar-refractivity contribution is -0.108. The Bertz CT molecular complexity index is 266.